The summed E-state index contributed by atoms with van der Waals surface area (Å²) in [5.41, 5.74) is 6.54. The summed E-state index contributed by atoms with van der Waals surface area (Å²) < 4.78 is 10.0. The van der Waals surface area contributed by atoms with Gasteiger partial charge in [-0.25, -0.2) is 9.78 Å². The van der Waals surface area contributed by atoms with Crippen molar-refractivity contribution in [2.24, 2.45) is 0 Å². The Balaban J connectivity index is 2.21. The van der Waals surface area contributed by atoms with E-state index < -0.39 is 5.97 Å². The van der Waals surface area contributed by atoms with Gasteiger partial charge in [-0.1, -0.05) is 0 Å². The molecule has 1 aliphatic rings. The number of anilines is 2. The van der Waals surface area contributed by atoms with Gasteiger partial charge in [-0.3, -0.25) is 0 Å². The Morgan fingerprint density at radius 2 is 2.16 bits per heavy atom. The van der Waals surface area contributed by atoms with Crippen LogP contribution < -0.4 is 11.1 Å². The van der Waals surface area contributed by atoms with E-state index in [0.29, 0.717) is 24.7 Å². The van der Waals surface area contributed by atoms with E-state index in [1.54, 1.807) is 12.1 Å². The van der Waals surface area contributed by atoms with Crippen molar-refractivity contribution < 1.29 is 14.3 Å². The number of carbonyl (C=O) groups is 1. The number of nitrogen functional groups attached to an aromatic ring is 1. The Labute approximate surface area is 112 Å². The molecule has 3 N–H and O–H groups in total. The zero-order valence-corrected chi connectivity index (χ0v) is 11.2. The van der Waals surface area contributed by atoms with Crippen molar-refractivity contribution in [3.63, 3.8) is 0 Å². The fourth-order valence-electron chi connectivity index (χ4n) is 2.02. The van der Waals surface area contributed by atoms with Crippen molar-refractivity contribution in [1.29, 1.82) is 0 Å². The molecule has 1 aromatic heterocycles. The number of hydrogen-bond donors (Lipinski definition) is 2. The largest absolute Gasteiger partial charge is 0.464 e. The van der Waals surface area contributed by atoms with Crippen molar-refractivity contribution in [1.82, 2.24) is 4.98 Å². The molecule has 0 saturated carbocycles. The number of methoxy groups -OCH3 is 1. The number of nitrogens with two attached hydrogens (primary N) is 1. The first kappa shape index (κ1) is 13.6. The number of aromatic nitrogens is 1. The SMILES string of the molecule is COC(=O)c1ccc(N)c(NC2(C)CCOCC2)n1. The second-order valence-corrected chi connectivity index (χ2v) is 4.92. The van der Waals surface area contributed by atoms with Gasteiger partial charge in [-0.15, -0.1) is 0 Å². The first-order chi connectivity index (χ1) is 9.04. The molecule has 0 atom stereocenters. The Morgan fingerprint density at radius 3 is 2.79 bits per heavy atom. The molecular weight excluding hydrogens is 246 g/mol. The monoisotopic (exact) mass is 265 g/mol. The highest BCUT2D eigenvalue weighted by molar-refractivity contribution is 5.88. The normalized spacial score (nSPS) is 17.8. The smallest absolute Gasteiger partial charge is 0.356 e. The summed E-state index contributed by atoms with van der Waals surface area (Å²) in [6.45, 7) is 3.52. The first-order valence-electron chi connectivity index (χ1n) is 6.25. The maximum absolute atomic E-state index is 11.5. The molecule has 6 heteroatoms. The number of rotatable bonds is 3. The number of hydrogen-bond acceptors (Lipinski definition) is 6. The second-order valence-electron chi connectivity index (χ2n) is 4.92. The van der Waals surface area contributed by atoms with Gasteiger partial charge < -0.3 is 20.5 Å². The third-order valence-corrected chi connectivity index (χ3v) is 3.34. The Morgan fingerprint density at radius 1 is 1.47 bits per heavy atom. The fraction of sp³-hybridized carbons (Fsp3) is 0.538. The third-order valence-electron chi connectivity index (χ3n) is 3.34. The van der Waals surface area contributed by atoms with Crippen LogP contribution >= 0.6 is 0 Å². The van der Waals surface area contributed by atoms with Gasteiger partial charge in [0.05, 0.1) is 12.8 Å². The van der Waals surface area contributed by atoms with Gasteiger partial charge in [-0.05, 0) is 31.9 Å². The zero-order chi connectivity index (χ0) is 13.9. The molecule has 1 fully saturated rings. The Bertz CT molecular complexity index is 470. The van der Waals surface area contributed by atoms with Crippen LogP contribution in [0, 0.1) is 0 Å². The molecule has 6 nitrogen and oxygen atoms in total. The fourth-order valence-corrected chi connectivity index (χ4v) is 2.02. The van der Waals surface area contributed by atoms with Gasteiger partial charge in [0.2, 0.25) is 0 Å². The van der Waals surface area contributed by atoms with E-state index in [1.807, 2.05) is 0 Å². The molecular formula is C13H19N3O3. The molecule has 0 unspecified atom stereocenters. The molecule has 0 spiro atoms. The molecule has 0 bridgehead atoms. The van der Waals surface area contributed by atoms with Crippen molar-refractivity contribution in [3.8, 4) is 0 Å². The van der Waals surface area contributed by atoms with Crippen LogP contribution in [0.1, 0.15) is 30.3 Å². The summed E-state index contributed by atoms with van der Waals surface area (Å²) in [5.74, 6) is 0.0486. The number of nitrogens with one attached hydrogen (secondary N) is 1. The van der Waals surface area contributed by atoms with E-state index in [1.165, 1.54) is 7.11 Å². The van der Waals surface area contributed by atoms with E-state index in [9.17, 15) is 4.79 Å². The lowest BCUT2D eigenvalue weighted by Gasteiger charge is -2.35. The summed E-state index contributed by atoms with van der Waals surface area (Å²) in [6, 6.07) is 3.21. The van der Waals surface area contributed by atoms with Gasteiger partial charge in [0.25, 0.3) is 0 Å². The highest BCUT2D eigenvalue weighted by Crippen LogP contribution is 2.27. The minimum atomic E-state index is -0.472. The van der Waals surface area contributed by atoms with E-state index in [4.69, 9.17) is 10.5 Å². The number of carbonyl (C=O) groups excluding carboxylic acids is 1. The molecule has 1 aromatic rings. The van der Waals surface area contributed by atoms with Crippen LogP contribution in [0.25, 0.3) is 0 Å². The summed E-state index contributed by atoms with van der Waals surface area (Å²) in [6.07, 6.45) is 1.74. The lowest BCUT2D eigenvalue weighted by Crippen LogP contribution is -2.41. The predicted molar refractivity (Wildman–Crippen MR) is 72.1 cm³/mol. The lowest BCUT2D eigenvalue weighted by atomic mass is 9.92. The maximum atomic E-state index is 11.5. The van der Waals surface area contributed by atoms with E-state index in [2.05, 4.69) is 22.0 Å². The minimum Gasteiger partial charge on any atom is -0.464 e. The van der Waals surface area contributed by atoms with Crippen molar-refractivity contribution in [2.45, 2.75) is 25.3 Å². The van der Waals surface area contributed by atoms with Crippen molar-refractivity contribution >= 4 is 17.5 Å². The molecule has 0 aliphatic carbocycles. The molecule has 104 valence electrons. The van der Waals surface area contributed by atoms with Gasteiger partial charge in [0, 0.05) is 18.8 Å². The number of nitrogens with zero attached hydrogens (tertiary/aromatic N) is 1. The molecule has 1 aliphatic heterocycles. The predicted octanol–water partition coefficient (Wildman–Crippen LogP) is 1.43. The van der Waals surface area contributed by atoms with Crippen LogP contribution in [-0.4, -0.2) is 36.8 Å². The average molecular weight is 265 g/mol. The average Bonchev–Trinajstić information content (AvgIpc) is 2.41. The topological polar surface area (TPSA) is 86.5 Å². The Hall–Kier alpha value is -1.82. The van der Waals surface area contributed by atoms with Gasteiger partial charge >= 0.3 is 5.97 Å². The van der Waals surface area contributed by atoms with E-state index in [-0.39, 0.29) is 11.2 Å². The zero-order valence-electron chi connectivity index (χ0n) is 11.2. The highest BCUT2D eigenvalue weighted by atomic mass is 16.5. The molecule has 1 saturated heterocycles. The first-order valence-corrected chi connectivity index (χ1v) is 6.25. The van der Waals surface area contributed by atoms with E-state index >= 15 is 0 Å². The molecule has 19 heavy (non-hydrogen) atoms. The van der Waals surface area contributed by atoms with Crippen molar-refractivity contribution in [3.05, 3.63) is 17.8 Å². The lowest BCUT2D eigenvalue weighted by molar-refractivity contribution is 0.0592. The molecule has 0 amide bonds. The highest BCUT2D eigenvalue weighted by Gasteiger charge is 2.28. The van der Waals surface area contributed by atoms with Gasteiger partial charge in [0.15, 0.2) is 11.5 Å². The number of esters is 1. The quantitative estimate of drug-likeness (QED) is 0.804. The van der Waals surface area contributed by atoms with Crippen molar-refractivity contribution in [2.75, 3.05) is 31.4 Å². The molecule has 0 aromatic carbocycles. The van der Waals surface area contributed by atoms with Crippen LogP contribution in [0.5, 0.6) is 0 Å². The van der Waals surface area contributed by atoms with Crippen LogP contribution in [0.3, 0.4) is 0 Å². The maximum Gasteiger partial charge on any atom is 0.356 e. The summed E-state index contributed by atoms with van der Waals surface area (Å²) in [7, 11) is 1.33. The molecule has 0 radical (unpaired) electrons. The van der Waals surface area contributed by atoms with Gasteiger partial charge in [0.1, 0.15) is 0 Å². The van der Waals surface area contributed by atoms with Crippen LogP contribution in [0.4, 0.5) is 11.5 Å². The van der Waals surface area contributed by atoms with Crippen LogP contribution in [0.15, 0.2) is 12.1 Å². The van der Waals surface area contributed by atoms with Gasteiger partial charge in [-0.2, -0.15) is 0 Å². The summed E-state index contributed by atoms with van der Waals surface area (Å²) in [5, 5.41) is 3.32. The number of pyridine rings is 1. The minimum absolute atomic E-state index is 0.117. The molecule has 2 heterocycles. The standard InChI is InChI=1S/C13H19N3O3/c1-13(5-7-19-8-6-13)16-11-9(14)3-4-10(15-11)12(17)18-2/h3-4H,5-8,14H2,1-2H3,(H,15,16). The molecule has 2 rings (SSSR count). The number of ether oxygens (including phenoxy) is 2. The Kier molecular flexibility index (Phi) is 3.90. The second kappa shape index (κ2) is 5.44. The van der Waals surface area contributed by atoms with E-state index in [0.717, 1.165) is 12.8 Å². The summed E-state index contributed by atoms with van der Waals surface area (Å²) >= 11 is 0. The van der Waals surface area contributed by atoms with Crippen LogP contribution in [0.2, 0.25) is 0 Å². The van der Waals surface area contributed by atoms with Crippen LogP contribution in [-0.2, 0) is 9.47 Å². The third kappa shape index (κ3) is 3.14. The summed E-state index contributed by atoms with van der Waals surface area (Å²) in [4.78, 5) is 15.7.